The molecule has 0 aliphatic rings. The van der Waals surface area contributed by atoms with Crippen molar-refractivity contribution in [3.8, 4) is 0 Å². The van der Waals surface area contributed by atoms with Gasteiger partial charge in [-0.2, -0.15) is 0 Å². The van der Waals surface area contributed by atoms with Gasteiger partial charge in [-0.25, -0.2) is 9.97 Å². The summed E-state index contributed by atoms with van der Waals surface area (Å²) in [7, 11) is 6.33. The van der Waals surface area contributed by atoms with E-state index in [2.05, 4.69) is 44.8 Å². The molecule has 0 atom stereocenters. The summed E-state index contributed by atoms with van der Waals surface area (Å²) in [5.74, 6) is 1.90. The van der Waals surface area contributed by atoms with Gasteiger partial charge < -0.3 is 15.5 Å². The molecule has 0 aliphatic carbocycles. The van der Waals surface area contributed by atoms with Crippen molar-refractivity contribution < 1.29 is 0 Å². The summed E-state index contributed by atoms with van der Waals surface area (Å²) in [5.41, 5.74) is 6.98. The second kappa shape index (κ2) is 7.35. The van der Waals surface area contributed by atoms with Gasteiger partial charge in [0, 0.05) is 24.9 Å². The predicted molar refractivity (Wildman–Crippen MR) is 96.1 cm³/mol. The van der Waals surface area contributed by atoms with Gasteiger partial charge >= 0.3 is 0 Å². The average Bonchev–Trinajstić information content (AvgIpc) is 2.73. The van der Waals surface area contributed by atoms with Gasteiger partial charge in [0.15, 0.2) is 0 Å². The molecule has 2 heterocycles. The molecule has 2 N–H and O–H groups in total. The molecule has 0 radical (unpaired) electrons. The Labute approximate surface area is 137 Å². The smallest absolute Gasteiger partial charge is 0.141 e. The number of nitrogens with zero attached hydrogens (tertiary/aromatic N) is 4. The Bertz CT molecular complexity index is 635. The number of rotatable bonds is 7. The number of fused-ring (bicyclic) bond motifs is 1. The summed E-state index contributed by atoms with van der Waals surface area (Å²) in [6, 6.07) is 0. The van der Waals surface area contributed by atoms with E-state index in [4.69, 9.17) is 15.7 Å². The van der Waals surface area contributed by atoms with Crippen LogP contribution in [-0.4, -0.2) is 55.6 Å². The lowest BCUT2D eigenvalue weighted by Crippen LogP contribution is -2.25. The molecule has 0 aromatic carbocycles. The van der Waals surface area contributed by atoms with E-state index >= 15 is 0 Å². The lowest BCUT2D eigenvalue weighted by molar-refractivity contribution is 0.401. The number of anilines is 1. The predicted octanol–water partition coefficient (Wildman–Crippen LogP) is 2.20. The first kappa shape index (κ1) is 17.1. The van der Waals surface area contributed by atoms with Crippen LogP contribution in [0.5, 0.6) is 0 Å². The maximum Gasteiger partial charge on any atom is 0.141 e. The fraction of sp³-hybridized carbons (Fsp3) is 0.625. The largest absolute Gasteiger partial charge is 0.359 e. The molecular formula is C16H27N5S. The maximum absolute atomic E-state index is 5.68. The Balaban J connectivity index is 2.36. The molecule has 2 aromatic rings. The summed E-state index contributed by atoms with van der Waals surface area (Å²) in [6.45, 7) is 6.96. The zero-order valence-corrected chi connectivity index (χ0v) is 15.1. The number of hydrogen-bond acceptors (Lipinski definition) is 6. The molecule has 22 heavy (non-hydrogen) atoms. The topological polar surface area (TPSA) is 58.3 Å². The van der Waals surface area contributed by atoms with Crippen molar-refractivity contribution in [3.63, 3.8) is 0 Å². The van der Waals surface area contributed by atoms with Crippen molar-refractivity contribution in [1.29, 1.82) is 0 Å². The van der Waals surface area contributed by atoms with Gasteiger partial charge in [0.1, 0.15) is 16.5 Å². The third kappa shape index (κ3) is 3.74. The maximum atomic E-state index is 5.68. The van der Waals surface area contributed by atoms with Crippen LogP contribution in [0, 0.1) is 13.8 Å². The highest BCUT2D eigenvalue weighted by molar-refractivity contribution is 7.18. The SMILES string of the molecule is Cc1sc2nc(CCN)nc(N(C)CCCN(C)C)c2c1C. The number of thiophene rings is 1. The molecule has 0 saturated carbocycles. The molecule has 0 aliphatic heterocycles. The van der Waals surface area contributed by atoms with Crippen LogP contribution in [0.3, 0.4) is 0 Å². The number of hydrogen-bond donors (Lipinski definition) is 1. The van der Waals surface area contributed by atoms with E-state index in [1.165, 1.54) is 15.8 Å². The van der Waals surface area contributed by atoms with Gasteiger partial charge in [-0.1, -0.05) is 0 Å². The third-order valence-corrected chi connectivity index (χ3v) is 4.99. The van der Waals surface area contributed by atoms with Crippen LogP contribution in [0.4, 0.5) is 5.82 Å². The minimum atomic E-state index is 0.582. The molecule has 0 spiro atoms. The second-order valence-corrected chi connectivity index (χ2v) is 7.25. The molecule has 0 amide bonds. The number of nitrogens with two attached hydrogens (primary N) is 1. The molecule has 0 bridgehead atoms. The van der Waals surface area contributed by atoms with E-state index in [-0.39, 0.29) is 0 Å². The zero-order valence-electron chi connectivity index (χ0n) is 14.3. The van der Waals surface area contributed by atoms with Crippen molar-refractivity contribution in [2.24, 2.45) is 5.73 Å². The van der Waals surface area contributed by atoms with Crippen LogP contribution in [-0.2, 0) is 6.42 Å². The van der Waals surface area contributed by atoms with E-state index in [1.54, 1.807) is 11.3 Å². The summed E-state index contributed by atoms with van der Waals surface area (Å²) in [6.07, 6.45) is 1.84. The van der Waals surface area contributed by atoms with E-state index in [9.17, 15) is 0 Å². The van der Waals surface area contributed by atoms with E-state index in [0.717, 1.165) is 42.4 Å². The summed E-state index contributed by atoms with van der Waals surface area (Å²) in [5, 5.41) is 1.20. The molecule has 2 aromatic heterocycles. The van der Waals surface area contributed by atoms with Crippen LogP contribution in [0.2, 0.25) is 0 Å². The first-order chi connectivity index (χ1) is 10.4. The first-order valence-corrected chi connectivity index (χ1v) is 8.58. The minimum absolute atomic E-state index is 0.582. The lowest BCUT2D eigenvalue weighted by Gasteiger charge is -2.21. The number of aromatic nitrogens is 2. The van der Waals surface area contributed by atoms with Gasteiger partial charge in [-0.3, -0.25) is 0 Å². The highest BCUT2D eigenvalue weighted by Gasteiger charge is 2.17. The normalized spacial score (nSPS) is 11.6. The molecular weight excluding hydrogens is 294 g/mol. The summed E-state index contributed by atoms with van der Waals surface area (Å²) < 4.78 is 0. The van der Waals surface area contributed by atoms with Gasteiger partial charge in [-0.05, 0) is 53.0 Å². The quantitative estimate of drug-likeness (QED) is 0.847. The van der Waals surface area contributed by atoms with Crippen LogP contribution in [0.15, 0.2) is 0 Å². The fourth-order valence-electron chi connectivity index (χ4n) is 2.52. The van der Waals surface area contributed by atoms with Crippen LogP contribution in [0.25, 0.3) is 10.2 Å². The molecule has 0 fully saturated rings. The Kier molecular flexibility index (Phi) is 5.72. The van der Waals surface area contributed by atoms with Gasteiger partial charge in [-0.15, -0.1) is 11.3 Å². The van der Waals surface area contributed by atoms with Gasteiger partial charge in [0.25, 0.3) is 0 Å². The van der Waals surface area contributed by atoms with Crippen LogP contribution < -0.4 is 10.6 Å². The second-order valence-electron chi connectivity index (χ2n) is 6.04. The lowest BCUT2D eigenvalue weighted by atomic mass is 10.2. The molecule has 122 valence electrons. The van der Waals surface area contributed by atoms with Gasteiger partial charge in [0.2, 0.25) is 0 Å². The van der Waals surface area contributed by atoms with Crippen molar-refractivity contribution in [1.82, 2.24) is 14.9 Å². The van der Waals surface area contributed by atoms with Crippen molar-refractivity contribution >= 4 is 27.4 Å². The Morgan fingerprint density at radius 3 is 2.45 bits per heavy atom. The van der Waals surface area contributed by atoms with Crippen molar-refractivity contribution in [2.45, 2.75) is 26.7 Å². The molecule has 5 nitrogen and oxygen atoms in total. The minimum Gasteiger partial charge on any atom is -0.359 e. The monoisotopic (exact) mass is 321 g/mol. The van der Waals surface area contributed by atoms with Crippen molar-refractivity contribution in [2.75, 3.05) is 45.7 Å². The number of aryl methyl sites for hydroxylation is 2. The molecule has 0 saturated heterocycles. The van der Waals surface area contributed by atoms with Crippen LogP contribution >= 0.6 is 11.3 Å². The third-order valence-electron chi connectivity index (χ3n) is 3.88. The highest BCUT2D eigenvalue weighted by atomic mass is 32.1. The standard InChI is InChI=1S/C16H27N5S/c1-11-12(2)22-16-14(11)15(18-13(19-16)7-8-17)21(5)10-6-9-20(3)4/h6-10,17H2,1-5H3. The summed E-state index contributed by atoms with van der Waals surface area (Å²) >= 11 is 1.75. The van der Waals surface area contributed by atoms with Gasteiger partial charge in [0.05, 0.1) is 5.39 Å². The molecule has 0 unspecified atom stereocenters. The first-order valence-electron chi connectivity index (χ1n) is 7.76. The molecule has 2 rings (SSSR count). The van der Waals surface area contributed by atoms with E-state index in [0.29, 0.717) is 6.54 Å². The highest BCUT2D eigenvalue weighted by Crippen LogP contribution is 2.34. The average molecular weight is 321 g/mol. The summed E-state index contributed by atoms with van der Waals surface area (Å²) in [4.78, 5) is 16.4. The fourth-order valence-corrected chi connectivity index (χ4v) is 3.56. The van der Waals surface area contributed by atoms with Crippen LogP contribution in [0.1, 0.15) is 22.7 Å². The Morgan fingerprint density at radius 2 is 1.82 bits per heavy atom. The van der Waals surface area contributed by atoms with E-state index in [1.807, 2.05) is 0 Å². The Hall–Kier alpha value is -1.24. The van der Waals surface area contributed by atoms with E-state index < -0.39 is 0 Å². The zero-order chi connectivity index (χ0) is 16.3. The Morgan fingerprint density at radius 1 is 1.09 bits per heavy atom. The van der Waals surface area contributed by atoms with Crippen molar-refractivity contribution in [3.05, 3.63) is 16.3 Å². The molecule has 6 heteroatoms.